The summed E-state index contributed by atoms with van der Waals surface area (Å²) in [7, 11) is -3.59. The minimum atomic E-state index is -3.59. The molecule has 6 rings (SSSR count). The number of piperidine rings is 1. The van der Waals surface area contributed by atoms with Gasteiger partial charge in [-0.05, 0) is 67.6 Å². The monoisotopic (exact) mass is 480 g/mol. The third kappa shape index (κ3) is 3.25. The van der Waals surface area contributed by atoms with Crippen LogP contribution >= 0.6 is 0 Å². The maximum atomic E-state index is 13.8. The second-order valence-corrected chi connectivity index (χ2v) is 13.1. The van der Waals surface area contributed by atoms with Crippen molar-refractivity contribution >= 4 is 15.8 Å². The highest BCUT2D eigenvalue weighted by molar-refractivity contribution is 7.89. The highest BCUT2D eigenvalue weighted by Gasteiger charge is 2.53. The topological polar surface area (TPSA) is 91.2 Å². The fraction of sp³-hybridized carbons (Fsp3) is 0.577. The Bertz CT molecular complexity index is 1280. The van der Waals surface area contributed by atoms with Crippen LogP contribution in [0.25, 0.3) is 0 Å². The number of azo groups is 1. The van der Waals surface area contributed by atoms with Gasteiger partial charge in [-0.15, -0.1) is 5.11 Å². The lowest BCUT2D eigenvalue weighted by atomic mass is 9.60. The van der Waals surface area contributed by atoms with Gasteiger partial charge in [0.2, 0.25) is 10.0 Å². The molecule has 180 valence electrons. The van der Waals surface area contributed by atoms with Gasteiger partial charge in [0.25, 0.3) is 0 Å². The number of aryl methyl sites for hydroxylation is 1. The fourth-order valence-electron chi connectivity index (χ4n) is 6.85. The van der Waals surface area contributed by atoms with Crippen molar-refractivity contribution in [2.45, 2.75) is 70.1 Å². The average molecular weight is 481 g/mol. The highest BCUT2D eigenvalue weighted by Crippen LogP contribution is 2.55. The van der Waals surface area contributed by atoms with Crippen LogP contribution in [0.15, 0.2) is 56.0 Å². The van der Waals surface area contributed by atoms with Crippen LogP contribution in [0.2, 0.25) is 0 Å². The van der Waals surface area contributed by atoms with Crippen LogP contribution in [-0.2, 0) is 27.7 Å². The number of ketones is 1. The van der Waals surface area contributed by atoms with Crippen molar-refractivity contribution in [1.29, 1.82) is 0 Å². The first kappa shape index (κ1) is 22.2. The second-order valence-electron chi connectivity index (χ2n) is 11.2. The molecule has 1 spiro atoms. The van der Waals surface area contributed by atoms with Crippen molar-refractivity contribution in [2.24, 2.45) is 21.1 Å². The molecule has 5 aliphatic rings. The van der Waals surface area contributed by atoms with Crippen molar-refractivity contribution in [3.05, 3.63) is 52.0 Å². The summed E-state index contributed by atoms with van der Waals surface area (Å²) in [5.41, 5.74) is 4.51. The maximum absolute atomic E-state index is 13.8. The molecule has 0 atom stereocenters. The Labute approximate surface area is 201 Å². The molecule has 3 aliphatic heterocycles. The second kappa shape index (κ2) is 7.59. The summed E-state index contributed by atoms with van der Waals surface area (Å²) in [4.78, 5) is 13.9. The number of dihydropyridines is 1. The number of benzene rings is 1. The van der Waals surface area contributed by atoms with Gasteiger partial charge in [-0.2, -0.15) is 9.42 Å². The molecule has 34 heavy (non-hydrogen) atoms. The van der Waals surface area contributed by atoms with E-state index in [9.17, 15) is 13.2 Å². The van der Waals surface area contributed by atoms with Crippen molar-refractivity contribution in [3.8, 4) is 0 Å². The summed E-state index contributed by atoms with van der Waals surface area (Å²) in [5, 5.41) is 12.1. The minimum absolute atomic E-state index is 0.103. The molecule has 1 N–H and O–H groups in total. The Hall–Kier alpha value is -2.32. The van der Waals surface area contributed by atoms with E-state index in [1.165, 1.54) is 5.56 Å². The first-order valence-corrected chi connectivity index (χ1v) is 13.9. The van der Waals surface area contributed by atoms with Gasteiger partial charge in [-0.25, -0.2) is 8.42 Å². The summed E-state index contributed by atoms with van der Waals surface area (Å²) in [6.07, 6.45) is 6.43. The lowest BCUT2D eigenvalue weighted by Gasteiger charge is -2.49. The molecule has 0 saturated carbocycles. The molecule has 2 aliphatic carbocycles. The van der Waals surface area contributed by atoms with Crippen LogP contribution in [0.1, 0.15) is 63.5 Å². The van der Waals surface area contributed by atoms with E-state index in [0.717, 1.165) is 60.3 Å². The zero-order chi connectivity index (χ0) is 23.7. The lowest BCUT2D eigenvalue weighted by Crippen LogP contribution is -2.50. The SMILES string of the molecule is CC1(C)CC(=O)C2=C(C1)NC1=C(CN=N1)C21CCN(S(=O)(=O)c2cccc3c2CCCC3)CC1. The van der Waals surface area contributed by atoms with E-state index in [1.54, 1.807) is 10.4 Å². The van der Waals surface area contributed by atoms with Gasteiger partial charge in [0.15, 0.2) is 11.6 Å². The smallest absolute Gasteiger partial charge is 0.243 e. The van der Waals surface area contributed by atoms with Gasteiger partial charge >= 0.3 is 0 Å². The molecule has 0 unspecified atom stereocenters. The van der Waals surface area contributed by atoms with Crippen molar-refractivity contribution in [2.75, 3.05) is 19.6 Å². The van der Waals surface area contributed by atoms with Gasteiger partial charge < -0.3 is 5.32 Å². The maximum Gasteiger partial charge on any atom is 0.243 e. The number of carbonyl (C=O) groups excluding carboxylic acids is 1. The number of sulfonamides is 1. The summed E-state index contributed by atoms with van der Waals surface area (Å²) in [6.45, 7) is 5.53. The van der Waals surface area contributed by atoms with Gasteiger partial charge in [0.1, 0.15) is 0 Å². The predicted molar refractivity (Wildman–Crippen MR) is 128 cm³/mol. The normalized spacial score (nSPS) is 25.8. The Morgan fingerprint density at radius 3 is 2.62 bits per heavy atom. The summed E-state index contributed by atoms with van der Waals surface area (Å²) >= 11 is 0. The molecule has 1 saturated heterocycles. The molecule has 0 aromatic heterocycles. The number of carbonyl (C=O) groups is 1. The van der Waals surface area contributed by atoms with Gasteiger partial charge in [0, 0.05) is 41.8 Å². The molecule has 3 heterocycles. The van der Waals surface area contributed by atoms with E-state index >= 15 is 0 Å². The number of hydrogen-bond acceptors (Lipinski definition) is 6. The highest BCUT2D eigenvalue weighted by atomic mass is 32.2. The van der Waals surface area contributed by atoms with E-state index in [1.807, 2.05) is 6.07 Å². The molecule has 8 heteroatoms. The lowest BCUT2D eigenvalue weighted by molar-refractivity contribution is -0.119. The van der Waals surface area contributed by atoms with E-state index < -0.39 is 15.4 Å². The zero-order valence-electron chi connectivity index (χ0n) is 20.0. The predicted octanol–water partition coefficient (Wildman–Crippen LogP) is 4.26. The number of fused-ring (bicyclic) bond motifs is 3. The van der Waals surface area contributed by atoms with Crippen LogP contribution < -0.4 is 5.32 Å². The van der Waals surface area contributed by atoms with Gasteiger partial charge in [-0.1, -0.05) is 26.0 Å². The van der Waals surface area contributed by atoms with E-state index in [-0.39, 0.29) is 11.2 Å². The third-order valence-corrected chi connectivity index (χ3v) is 10.4. The van der Waals surface area contributed by atoms with E-state index in [0.29, 0.717) is 43.8 Å². The Morgan fingerprint density at radius 2 is 1.82 bits per heavy atom. The number of nitrogens with zero attached hydrogens (tertiary/aromatic N) is 3. The summed E-state index contributed by atoms with van der Waals surface area (Å²) < 4.78 is 29.2. The van der Waals surface area contributed by atoms with Crippen molar-refractivity contribution < 1.29 is 13.2 Å². The van der Waals surface area contributed by atoms with Crippen LogP contribution in [0.5, 0.6) is 0 Å². The fourth-order valence-corrected chi connectivity index (χ4v) is 8.59. The Morgan fingerprint density at radius 1 is 1.06 bits per heavy atom. The average Bonchev–Trinajstić information content (AvgIpc) is 3.27. The van der Waals surface area contributed by atoms with Gasteiger partial charge in [0.05, 0.1) is 11.4 Å². The van der Waals surface area contributed by atoms with Crippen LogP contribution in [0.4, 0.5) is 0 Å². The standard InChI is InChI=1S/C26H32N4O3S/c1-25(2)14-20-23(21(31)15-25)26(19-16-27-29-24(19)28-20)10-12-30(13-11-26)34(32,33)22-9-5-7-17-6-3-4-8-18(17)22/h5,7,9,28H,3-4,6,8,10-16H2,1-2H3. The molecule has 0 bridgehead atoms. The first-order chi connectivity index (χ1) is 16.2. The molecule has 7 nitrogen and oxygen atoms in total. The van der Waals surface area contributed by atoms with E-state index in [4.69, 9.17) is 0 Å². The number of allylic oxidation sites excluding steroid dienone is 2. The number of Topliss-reactive ketones (excluding diaryl/α,β-unsaturated/α-hetero) is 1. The molecule has 1 aromatic carbocycles. The first-order valence-electron chi connectivity index (χ1n) is 12.5. The molecular weight excluding hydrogens is 448 g/mol. The Kier molecular flexibility index (Phi) is 4.95. The van der Waals surface area contributed by atoms with Crippen LogP contribution in [0.3, 0.4) is 0 Å². The quantitative estimate of drug-likeness (QED) is 0.685. The van der Waals surface area contributed by atoms with E-state index in [2.05, 4.69) is 35.5 Å². The van der Waals surface area contributed by atoms with Crippen molar-refractivity contribution in [3.63, 3.8) is 0 Å². The van der Waals surface area contributed by atoms with Gasteiger partial charge in [-0.3, -0.25) is 4.79 Å². The summed E-state index contributed by atoms with van der Waals surface area (Å²) in [5.74, 6) is 0.961. The minimum Gasteiger partial charge on any atom is -0.342 e. The summed E-state index contributed by atoms with van der Waals surface area (Å²) in [6, 6.07) is 5.73. The Balaban J connectivity index is 1.34. The zero-order valence-corrected chi connectivity index (χ0v) is 20.8. The largest absolute Gasteiger partial charge is 0.342 e. The third-order valence-electron chi connectivity index (χ3n) is 8.43. The number of nitrogens with one attached hydrogen (secondary N) is 1. The van der Waals surface area contributed by atoms with Crippen LogP contribution in [-0.4, -0.2) is 38.1 Å². The molecule has 1 aromatic rings. The number of rotatable bonds is 2. The van der Waals surface area contributed by atoms with Crippen LogP contribution in [0, 0.1) is 10.8 Å². The number of hydrogen-bond donors (Lipinski definition) is 1. The molecular formula is C26H32N4O3S. The van der Waals surface area contributed by atoms with Crippen molar-refractivity contribution in [1.82, 2.24) is 9.62 Å². The molecule has 0 radical (unpaired) electrons. The molecule has 1 fully saturated rings. The molecule has 0 amide bonds.